The van der Waals surface area contributed by atoms with E-state index in [9.17, 15) is 22.8 Å². The zero-order chi connectivity index (χ0) is 20.9. The molecule has 2 aromatic rings. The fourth-order valence-electron chi connectivity index (χ4n) is 3.62. The number of aromatic nitrogens is 2. The van der Waals surface area contributed by atoms with Crippen LogP contribution in [0.3, 0.4) is 0 Å². The van der Waals surface area contributed by atoms with Gasteiger partial charge in [0.15, 0.2) is 0 Å². The van der Waals surface area contributed by atoms with Crippen LogP contribution in [0.5, 0.6) is 0 Å². The number of nitrogens with zero attached hydrogens (tertiary/aromatic N) is 3. The molecule has 11 heteroatoms. The minimum atomic E-state index is -2.73. The number of benzene rings is 1. The van der Waals surface area contributed by atoms with Crippen LogP contribution < -0.4 is 11.1 Å². The molecular weight excluding hydrogens is 411 g/mol. The molecule has 0 atom stereocenters. The number of hydrogen-bond donors (Lipinski definition) is 2. The third-order valence-electron chi connectivity index (χ3n) is 5.12. The van der Waals surface area contributed by atoms with E-state index in [-0.39, 0.29) is 42.2 Å². The molecule has 2 heterocycles. The van der Waals surface area contributed by atoms with Gasteiger partial charge in [-0.3, -0.25) is 9.48 Å². The molecule has 1 aliphatic carbocycles. The number of nitrogens with one attached hydrogen (secondary N) is 1. The van der Waals surface area contributed by atoms with Crippen LogP contribution in [-0.2, 0) is 13.1 Å². The van der Waals surface area contributed by atoms with Gasteiger partial charge in [-0.2, -0.15) is 5.10 Å². The van der Waals surface area contributed by atoms with Gasteiger partial charge in [-0.05, 0) is 18.2 Å². The molecule has 0 unspecified atom stereocenters. The Balaban J connectivity index is 1.59. The summed E-state index contributed by atoms with van der Waals surface area (Å²) in [7, 11) is 0. The molecular formula is C18H17ClF3N5O2. The van der Waals surface area contributed by atoms with E-state index in [2.05, 4.69) is 10.4 Å². The highest BCUT2D eigenvalue weighted by Crippen LogP contribution is 2.37. The highest BCUT2D eigenvalue weighted by molar-refractivity contribution is 6.31. The van der Waals surface area contributed by atoms with Crippen molar-refractivity contribution >= 4 is 23.5 Å². The second-order valence-electron chi connectivity index (χ2n) is 7.22. The molecule has 0 saturated heterocycles. The first kappa shape index (κ1) is 19.6. The van der Waals surface area contributed by atoms with E-state index in [4.69, 9.17) is 17.3 Å². The van der Waals surface area contributed by atoms with Crippen LogP contribution in [0.15, 0.2) is 18.2 Å². The molecule has 1 aromatic heterocycles. The molecule has 4 rings (SSSR count). The number of halogens is 4. The van der Waals surface area contributed by atoms with Crippen LogP contribution in [-0.4, -0.2) is 45.1 Å². The number of fused-ring (bicyclic) bond motifs is 1. The maximum Gasteiger partial charge on any atom is 0.318 e. The predicted octanol–water partition coefficient (Wildman–Crippen LogP) is 2.76. The number of amides is 3. The average Bonchev–Trinajstić information content (AvgIpc) is 3.01. The van der Waals surface area contributed by atoms with E-state index in [1.54, 1.807) is 4.68 Å². The standard InChI is InChI=1S/C18H17ClF3N5O2/c19-11-5-9(1-2-12(11)20)15-14(16(23)28)13-8-26(3-4-27(13)25-15)17(29)24-10-6-18(21,22)7-10/h1-2,5,10H,3-4,6-8H2,(H2,23,28)(H,24,29). The molecule has 1 saturated carbocycles. The number of carbonyl (C=O) groups is 2. The van der Waals surface area contributed by atoms with Gasteiger partial charge in [0.25, 0.3) is 11.8 Å². The minimum Gasteiger partial charge on any atom is -0.365 e. The van der Waals surface area contributed by atoms with Crippen molar-refractivity contribution in [3.8, 4) is 11.3 Å². The van der Waals surface area contributed by atoms with E-state index >= 15 is 0 Å². The average molecular weight is 428 g/mol. The Labute approximate surface area is 168 Å². The molecule has 3 amide bonds. The quantitative estimate of drug-likeness (QED) is 0.788. The fraction of sp³-hybridized carbons (Fsp3) is 0.389. The number of nitrogens with two attached hydrogens (primary N) is 1. The summed E-state index contributed by atoms with van der Waals surface area (Å²) in [6, 6.07) is 2.88. The van der Waals surface area contributed by atoms with Crippen LogP contribution in [0.2, 0.25) is 5.02 Å². The third kappa shape index (κ3) is 3.64. The lowest BCUT2D eigenvalue weighted by molar-refractivity contribution is -0.0903. The van der Waals surface area contributed by atoms with Gasteiger partial charge in [-0.25, -0.2) is 18.0 Å². The van der Waals surface area contributed by atoms with Crippen molar-refractivity contribution < 1.29 is 22.8 Å². The number of carbonyl (C=O) groups excluding carboxylic acids is 2. The summed E-state index contributed by atoms with van der Waals surface area (Å²) < 4.78 is 41.0. The first-order chi connectivity index (χ1) is 13.6. The Morgan fingerprint density at radius 2 is 2.00 bits per heavy atom. The molecule has 1 aliphatic heterocycles. The highest BCUT2D eigenvalue weighted by Gasteiger charge is 2.46. The van der Waals surface area contributed by atoms with Gasteiger partial charge in [0.1, 0.15) is 11.5 Å². The lowest BCUT2D eigenvalue weighted by Crippen LogP contribution is -2.55. The molecule has 0 bridgehead atoms. The first-order valence-corrected chi connectivity index (χ1v) is 9.30. The minimum absolute atomic E-state index is 0.0369. The number of alkyl halides is 2. The van der Waals surface area contributed by atoms with Crippen molar-refractivity contribution in [2.75, 3.05) is 6.54 Å². The Morgan fingerprint density at radius 3 is 2.62 bits per heavy atom. The smallest absolute Gasteiger partial charge is 0.318 e. The Morgan fingerprint density at radius 1 is 1.28 bits per heavy atom. The molecule has 0 radical (unpaired) electrons. The SMILES string of the molecule is NC(=O)c1c(-c2ccc(F)c(Cl)c2)nn2c1CN(C(=O)NC1CC(F)(F)C1)CC2. The second kappa shape index (κ2) is 6.94. The number of hydrogen-bond acceptors (Lipinski definition) is 3. The molecule has 1 fully saturated rings. The molecule has 2 aliphatic rings. The Bertz CT molecular complexity index is 1000. The van der Waals surface area contributed by atoms with Crippen molar-refractivity contribution in [1.29, 1.82) is 0 Å². The van der Waals surface area contributed by atoms with Gasteiger partial charge < -0.3 is 16.0 Å². The Kier molecular flexibility index (Phi) is 4.68. The molecule has 154 valence electrons. The van der Waals surface area contributed by atoms with Crippen molar-refractivity contribution in [1.82, 2.24) is 20.0 Å². The maximum absolute atomic E-state index is 13.5. The summed E-state index contributed by atoms with van der Waals surface area (Å²) in [5.41, 5.74) is 6.75. The van der Waals surface area contributed by atoms with Crippen molar-refractivity contribution in [2.45, 2.75) is 37.9 Å². The number of primary amides is 1. The lowest BCUT2D eigenvalue weighted by Gasteiger charge is -2.37. The van der Waals surface area contributed by atoms with Gasteiger partial charge in [-0.15, -0.1) is 0 Å². The largest absolute Gasteiger partial charge is 0.365 e. The van der Waals surface area contributed by atoms with Crippen LogP contribution in [0.1, 0.15) is 28.9 Å². The predicted molar refractivity (Wildman–Crippen MR) is 98.1 cm³/mol. The summed E-state index contributed by atoms with van der Waals surface area (Å²) >= 11 is 5.83. The van der Waals surface area contributed by atoms with E-state index in [0.717, 1.165) is 6.07 Å². The van der Waals surface area contributed by atoms with Gasteiger partial charge in [-0.1, -0.05) is 11.6 Å². The van der Waals surface area contributed by atoms with E-state index in [1.165, 1.54) is 17.0 Å². The zero-order valence-electron chi connectivity index (χ0n) is 15.1. The van der Waals surface area contributed by atoms with E-state index in [1.807, 2.05) is 0 Å². The van der Waals surface area contributed by atoms with Gasteiger partial charge in [0.05, 0.1) is 29.4 Å². The van der Waals surface area contributed by atoms with Crippen LogP contribution in [0.4, 0.5) is 18.0 Å². The summed E-state index contributed by atoms with van der Waals surface area (Å²) in [6.07, 6.45) is -0.765. The van der Waals surface area contributed by atoms with E-state index in [0.29, 0.717) is 17.8 Å². The molecule has 29 heavy (non-hydrogen) atoms. The number of rotatable bonds is 3. The first-order valence-electron chi connectivity index (χ1n) is 8.93. The maximum atomic E-state index is 13.5. The highest BCUT2D eigenvalue weighted by atomic mass is 35.5. The molecule has 0 spiro atoms. The van der Waals surface area contributed by atoms with Crippen molar-refractivity contribution in [3.63, 3.8) is 0 Å². The summed E-state index contributed by atoms with van der Waals surface area (Å²) in [5, 5.41) is 6.84. The lowest BCUT2D eigenvalue weighted by atomic mass is 9.88. The molecule has 7 nitrogen and oxygen atoms in total. The van der Waals surface area contributed by atoms with Crippen LogP contribution >= 0.6 is 11.6 Å². The third-order valence-corrected chi connectivity index (χ3v) is 5.41. The molecule has 1 aromatic carbocycles. The van der Waals surface area contributed by atoms with Gasteiger partial charge in [0, 0.05) is 31.0 Å². The fourth-order valence-corrected chi connectivity index (χ4v) is 3.81. The van der Waals surface area contributed by atoms with Gasteiger partial charge >= 0.3 is 6.03 Å². The van der Waals surface area contributed by atoms with E-state index < -0.39 is 29.7 Å². The second-order valence-corrected chi connectivity index (χ2v) is 7.63. The summed E-state index contributed by atoms with van der Waals surface area (Å²) in [4.78, 5) is 26.0. The topological polar surface area (TPSA) is 93.2 Å². The van der Waals surface area contributed by atoms with Crippen LogP contribution in [0, 0.1) is 5.82 Å². The number of urea groups is 1. The van der Waals surface area contributed by atoms with Crippen molar-refractivity contribution in [2.24, 2.45) is 5.73 Å². The zero-order valence-corrected chi connectivity index (χ0v) is 15.8. The van der Waals surface area contributed by atoms with Crippen LogP contribution in [0.25, 0.3) is 11.3 Å². The summed E-state index contributed by atoms with van der Waals surface area (Å²) in [6.45, 7) is 0.610. The monoisotopic (exact) mass is 427 g/mol. The van der Waals surface area contributed by atoms with Gasteiger partial charge in [0.2, 0.25) is 0 Å². The van der Waals surface area contributed by atoms with Crippen molar-refractivity contribution in [3.05, 3.63) is 40.3 Å². The Hall–Kier alpha value is -2.75. The summed E-state index contributed by atoms with van der Waals surface area (Å²) in [5.74, 6) is -4.09. The normalized spacial score (nSPS) is 18.1. The molecule has 3 N–H and O–H groups in total.